The first-order valence-electron chi connectivity index (χ1n) is 6.20. The molecule has 0 fully saturated rings. The van der Waals surface area contributed by atoms with Crippen molar-refractivity contribution in [2.45, 2.75) is 6.54 Å². The summed E-state index contributed by atoms with van der Waals surface area (Å²) in [6.07, 6.45) is 1.55. The maximum Gasteiger partial charge on any atom is 0.289 e. The fourth-order valence-electron chi connectivity index (χ4n) is 2.09. The minimum Gasteiger partial charge on any atom is -0.467 e. The number of rotatable bonds is 3. The zero-order valence-electron chi connectivity index (χ0n) is 10.8. The molecule has 0 atom stereocenters. The van der Waals surface area contributed by atoms with E-state index in [1.165, 1.54) is 4.57 Å². The molecular weight excluding hydrogens is 311 g/mol. The molecule has 106 valence electrons. The molecule has 0 radical (unpaired) electrons. The molecule has 0 N–H and O–H groups in total. The predicted octanol–water partition coefficient (Wildman–Crippen LogP) is 3.86. The van der Waals surface area contributed by atoms with E-state index in [9.17, 15) is 4.79 Å². The maximum absolute atomic E-state index is 12.3. The minimum atomic E-state index is -0.406. The van der Waals surface area contributed by atoms with Crippen molar-refractivity contribution in [1.82, 2.24) is 9.55 Å². The number of furan rings is 1. The molecule has 0 amide bonds. The second-order valence-electron chi connectivity index (χ2n) is 4.38. The van der Waals surface area contributed by atoms with Gasteiger partial charge in [-0.05, 0) is 12.1 Å². The van der Waals surface area contributed by atoms with Gasteiger partial charge in [-0.3, -0.25) is 9.36 Å². The highest BCUT2D eigenvalue weighted by Gasteiger charge is 2.16. The second-order valence-corrected chi connectivity index (χ2v) is 5.09. The molecule has 0 spiro atoms. The highest BCUT2D eigenvalue weighted by Crippen LogP contribution is 2.26. The Morgan fingerprint density at radius 3 is 2.48 bits per heavy atom. The van der Waals surface area contributed by atoms with E-state index < -0.39 is 5.56 Å². The molecular formula is C15H10Cl2N2O2. The van der Waals surface area contributed by atoms with Crippen LogP contribution in [0.15, 0.2) is 57.9 Å². The first-order chi connectivity index (χ1) is 10.2. The average Bonchev–Trinajstić information content (AvgIpc) is 2.98. The highest BCUT2D eigenvalue weighted by atomic mass is 35.5. The van der Waals surface area contributed by atoms with Crippen LogP contribution in [0, 0.1) is 0 Å². The van der Waals surface area contributed by atoms with Crippen LogP contribution in [0.25, 0.3) is 11.3 Å². The fourth-order valence-corrected chi connectivity index (χ4v) is 2.62. The molecule has 0 bridgehead atoms. The predicted molar refractivity (Wildman–Crippen MR) is 81.8 cm³/mol. The van der Waals surface area contributed by atoms with Gasteiger partial charge in [0, 0.05) is 5.56 Å². The Hall–Kier alpha value is -2.04. The fraction of sp³-hybridized carbons (Fsp3) is 0.0667. The minimum absolute atomic E-state index is 0.161. The van der Waals surface area contributed by atoms with E-state index in [0.717, 1.165) is 5.56 Å². The van der Waals surface area contributed by atoms with Crippen molar-refractivity contribution in [2.24, 2.45) is 0 Å². The molecule has 3 aromatic rings. The Labute approximate surface area is 130 Å². The van der Waals surface area contributed by atoms with Crippen molar-refractivity contribution in [2.75, 3.05) is 0 Å². The number of halogens is 2. The molecule has 0 aliphatic heterocycles. The van der Waals surface area contributed by atoms with E-state index in [-0.39, 0.29) is 16.9 Å². The molecule has 0 saturated heterocycles. The molecule has 0 aliphatic carbocycles. The largest absolute Gasteiger partial charge is 0.467 e. The van der Waals surface area contributed by atoms with Crippen molar-refractivity contribution in [3.63, 3.8) is 0 Å². The molecule has 2 aromatic heterocycles. The summed E-state index contributed by atoms with van der Waals surface area (Å²) in [5.74, 6) is 0.632. The molecule has 0 saturated carbocycles. The third kappa shape index (κ3) is 2.73. The standard InChI is InChI=1S/C15H10Cl2N2O2/c16-13-12(10-5-2-1-3-6-10)19(15(20)14(17)18-13)9-11-7-4-8-21-11/h1-8H,9H2. The smallest absolute Gasteiger partial charge is 0.289 e. The molecule has 6 heteroatoms. The van der Waals surface area contributed by atoms with Gasteiger partial charge in [-0.15, -0.1) is 0 Å². The number of hydrogen-bond donors (Lipinski definition) is 0. The number of benzene rings is 1. The lowest BCUT2D eigenvalue weighted by atomic mass is 10.1. The molecule has 0 unspecified atom stereocenters. The van der Waals surface area contributed by atoms with E-state index in [1.807, 2.05) is 30.3 Å². The molecule has 0 aliphatic rings. The monoisotopic (exact) mass is 320 g/mol. The van der Waals surface area contributed by atoms with E-state index >= 15 is 0 Å². The quantitative estimate of drug-likeness (QED) is 0.736. The SMILES string of the molecule is O=c1c(Cl)nc(Cl)c(-c2ccccc2)n1Cc1ccco1. The summed E-state index contributed by atoms with van der Waals surface area (Å²) >= 11 is 12.1. The summed E-state index contributed by atoms with van der Waals surface area (Å²) in [7, 11) is 0. The molecule has 1 aromatic carbocycles. The average molecular weight is 321 g/mol. The third-order valence-electron chi connectivity index (χ3n) is 3.02. The van der Waals surface area contributed by atoms with Crippen molar-refractivity contribution in [3.8, 4) is 11.3 Å². The van der Waals surface area contributed by atoms with Crippen molar-refractivity contribution < 1.29 is 4.42 Å². The lowest BCUT2D eigenvalue weighted by Crippen LogP contribution is -2.24. The zero-order valence-corrected chi connectivity index (χ0v) is 12.3. The Morgan fingerprint density at radius 1 is 1.05 bits per heavy atom. The molecule has 4 nitrogen and oxygen atoms in total. The topological polar surface area (TPSA) is 48.0 Å². The number of nitrogens with zero attached hydrogens (tertiary/aromatic N) is 2. The lowest BCUT2D eigenvalue weighted by Gasteiger charge is -2.13. The van der Waals surface area contributed by atoms with Crippen molar-refractivity contribution in [1.29, 1.82) is 0 Å². The van der Waals surface area contributed by atoms with Gasteiger partial charge < -0.3 is 4.42 Å². The summed E-state index contributed by atoms with van der Waals surface area (Å²) in [5, 5.41) is 0.0172. The van der Waals surface area contributed by atoms with Crippen molar-refractivity contribution in [3.05, 3.63) is 75.1 Å². The van der Waals surface area contributed by atoms with Crippen LogP contribution >= 0.6 is 23.2 Å². The Morgan fingerprint density at radius 2 is 1.81 bits per heavy atom. The van der Waals surface area contributed by atoms with Crippen LogP contribution in [0.1, 0.15) is 5.76 Å². The van der Waals surface area contributed by atoms with Gasteiger partial charge in [-0.25, -0.2) is 4.98 Å². The molecule has 2 heterocycles. The van der Waals surface area contributed by atoms with Gasteiger partial charge in [0.2, 0.25) is 0 Å². The highest BCUT2D eigenvalue weighted by molar-refractivity contribution is 6.33. The Balaban J connectivity index is 2.23. The van der Waals surface area contributed by atoms with Gasteiger partial charge in [0.1, 0.15) is 5.76 Å². The van der Waals surface area contributed by atoms with Crippen LogP contribution in [0.2, 0.25) is 10.3 Å². The van der Waals surface area contributed by atoms with Gasteiger partial charge in [0.05, 0.1) is 18.5 Å². The van der Waals surface area contributed by atoms with E-state index in [4.69, 9.17) is 27.6 Å². The van der Waals surface area contributed by atoms with E-state index in [0.29, 0.717) is 11.5 Å². The van der Waals surface area contributed by atoms with Gasteiger partial charge in [0.25, 0.3) is 5.56 Å². The number of hydrogen-bond acceptors (Lipinski definition) is 3. The van der Waals surface area contributed by atoms with Gasteiger partial charge in [0.15, 0.2) is 10.3 Å². The summed E-state index contributed by atoms with van der Waals surface area (Å²) < 4.78 is 6.76. The van der Waals surface area contributed by atoms with Crippen LogP contribution in [0.5, 0.6) is 0 Å². The van der Waals surface area contributed by atoms with E-state index in [2.05, 4.69) is 4.98 Å². The van der Waals surface area contributed by atoms with Gasteiger partial charge in [-0.2, -0.15) is 0 Å². The molecule has 3 rings (SSSR count). The summed E-state index contributed by atoms with van der Waals surface area (Å²) in [6, 6.07) is 12.9. The summed E-state index contributed by atoms with van der Waals surface area (Å²) in [4.78, 5) is 16.2. The van der Waals surface area contributed by atoms with Crippen LogP contribution in [0.4, 0.5) is 0 Å². The van der Waals surface area contributed by atoms with E-state index in [1.54, 1.807) is 18.4 Å². The Bertz CT molecular complexity index is 812. The summed E-state index contributed by atoms with van der Waals surface area (Å²) in [5.41, 5.74) is 0.898. The van der Waals surface area contributed by atoms with Gasteiger partial charge in [-0.1, -0.05) is 53.5 Å². The zero-order chi connectivity index (χ0) is 14.8. The first kappa shape index (κ1) is 13.9. The third-order valence-corrected chi connectivity index (χ3v) is 3.53. The Kier molecular flexibility index (Phi) is 3.82. The molecule has 21 heavy (non-hydrogen) atoms. The lowest BCUT2D eigenvalue weighted by molar-refractivity contribution is 0.490. The number of aromatic nitrogens is 2. The van der Waals surface area contributed by atoms with Crippen molar-refractivity contribution >= 4 is 23.2 Å². The van der Waals surface area contributed by atoms with Crippen LogP contribution < -0.4 is 5.56 Å². The van der Waals surface area contributed by atoms with Crippen LogP contribution in [-0.4, -0.2) is 9.55 Å². The van der Waals surface area contributed by atoms with Crippen LogP contribution in [0.3, 0.4) is 0 Å². The van der Waals surface area contributed by atoms with Crippen LogP contribution in [-0.2, 0) is 6.54 Å². The van der Waals surface area contributed by atoms with Gasteiger partial charge >= 0.3 is 0 Å². The normalized spacial score (nSPS) is 10.8. The summed E-state index contributed by atoms with van der Waals surface area (Å²) in [6.45, 7) is 0.234. The first-order valence-corrected chi connectivity index (χ1v) is 6.96. The maximum atomic E-state index is 12.3. The second kappa shape index (κ2) is 5.76.